The van der Waals surface area contributed by atoms with Gasteiger partial charge in [0.25, 0.3) is 0 Å². The molecule has 0 aliphatic rings. The monoisotopic (exact) mass is 235 g/mol. The third-order valence-corrected chi connectivity index (χ3v) is 2.89. The molecule has 92 valence electrons. The molecule has 0 bridgehead atoms. The molecular formula is C12H17N3O2. The third kappa shape index (κ3) is 1.93. The molecule has 2 heterocycles. The predicted octanol–water partition coefficient (Wildman–Crippen LogP) is 1.86. The second kappa shape index (κ2) is 4.63. The van der Waals surface area contributed by atoms with E-state index in [1.165, 1.54) is 0 Å². The number of aryl methyl sites for hydroxylation is 2. The summed E-state index contributed by atoms with van der Waals surface area (Å²) in [5.74, 6) is 1.53. The molecule has 0 spiro atoms. The first kappa shape index (κ1) is 11.7. The van der Waals surface area contributed by atoms with Gasteiger partial charge < -0.3 is 14.9 Å². The quantitative estimate of drug-likeness (QED) is 0.878. The summed E-state index contributed by atoms with van der Waals surface area (Å²) < 4.78 is 12.4. The molecule has 0 amide bonds. The Morgan fingerprint density at radius 1 is 1.59 bits per heavy atom. The summed E-state index contributed by atoms with van der Waals surface area (Å²) in [5.41, 5.74) is 8.09. The van der Waals surface area contributed by atoms with Gasteiger partial charge in [0.2, 0.25) is 0 Å². The zero-order valence-electron chi connectivity index (χ0n) is 10.3. The first-order chi connectivity index (χ1) is 8.19. The Hall–Kier alpha value is -1.75. The van der Waals surface area contributed by atoms with E-state index in [1.807, 2.05) is 24.6 Å². The van der Waals surface area contributed by atoms with Crippen LogP contribution in [0.2, 0.25) is 0 Å². The lowest BCUT2D eigenvalue weighted by molar-refractivity contribution is 0.404. The van der Waals surface area contributed by atoms with Crippen molar-refractivity contribution in [3.63, 3.8) is 0 Å². The lowest BCUT2D eigenvalue weighted by Crippen LogP contribution is -2.18. The highest BCUT2D eigenvalue weighted by Gasteiger charge is 2.22. The molecule has 5 nitrogen and oxygen atoms in total. The summed E-state index contributed by atoms with van der Waals surface area (Å²) in [6.07, 6.45) is 3.33. The first-order valence-electron chi connectivity index (χ1n) is 5.58. The molecule has 0 aliphatic heterocycles. The van der Waals surface area contributed by atoms with E-state index in [0.717, 1.165) is 23.6 Å². The normalized spacial score (nSPS) is 12.7. The van der Waals surface area contributed by atoms with E-state index in [1.54, 1.807) is 19.6 Å². The molecule has 1 unspecified atom stereocenters. The zero-order chi connectivity index (χ0) is 12.4. The van der Waals surface area contributed by atoms with E-state index >= 15 is 0 Å². The summed E-state index contributed by atoms with van der Waals surface area (Å²) >= 11 is 0. The van der Waals surface area contributed by atoms with Gasteiger partial charge in [-0.3, -0.25) is 4.68 Å². The van der Waals surface area contributed by atoms with Gasteiger partial charge in [-0.15, -0.1) is 0 Å². The van der Waals surface area contributed by atoms with Crippen molar-refractivity contribution in [3.8, 4) is 5.75 Å². The van der Waals surface area contributed by atoms with Gasteiger partial charge in [0.15, 0.2) is 5.75 Å². The second-order valence-electron chi connectivity index (χ2n) is 3.82. The van der Waals surface area contributed by atoms with Crippen LogP contribution in [0.5, 0.6) is 5.75 Å². The van der Waals surface area contributed by atoms with Crippen molar-refractivity contribution in [1.29, 1.82) is 0 Å². The van der Waals surface area contributed by atoms with E-state index < -0.39 is 0 Å². The minimum atomic E-state index is -0.286. The van der Waals surface area contributed by atoms with E-state index in [4.69, 9.17) is 14.9 Å². The van der Waals surface area contributed by atoms with Crippen LogP contribution in [0.15, 0.2) is 22.9 Å². The third-order valence-electron chi connectivity index (χ3n) is 2.89. The molecule has 0 aromatic carbocycles. The Balaban J connectivity index is 2.45. The largest absolute Gasteiger partial charge is 0.493 e. The first-order valence-corrected chi connectivity index (χ1v) is 5.58. The van der Waals surface area contributed by atoms with Crippen molar-refractivity contribution in [2.75, 3.05) is 7.11 Å². The van der Waals surface area contributed by atoms with Gasteiger partial charge in [-0.05, 0) is 19.9 Å². The second-order valence-corrected chi connectivity index (χ2v) is 3.82. The van der Waals surface area contributed by atoms with E-state index in [9.17, 15) is 0 Å². The van der Waals surface area contributed by atoms with Crippen molar-refractivity contribution in [3.05, 3.63) is 35.5 Å². The Kier molecular flexibility index (Phi) is 3.19. The highest BCUT2D eigenvalue weighted by Crippen LogP contribution is 2.30. The van der Waals surface area contributed by atoms with Gasteiger partial charge in [-0.1, -0.05) is 0 Å². The maximum absolute atomic E-state index is 6.26. The van der Waals surface area contributed by atoms with E-state index in [-0.39, 0.29) is 6.04 Å². The van der Waals surface area contributed by atoms with Gasteiger partial charge in [-0.2, -0.15) is 5.10 Å². The summed E-state index contributed by atoms with van der Waals surface area (Å²) in [6.45, 7) is 4.67. The van der Waals surface area contributed by atoms with Crippen LogP contribution in [0.25, 0.3) is 0 Å². The van der Waals surface area contributed by atoms with Gasteiger partial charge >= 0.3 is 0 Å². The number of hydrogen-bond acceptors (Lipinski definition) is 4. The highest BCUT2D eigenvalue weighted by atomic mass is 16.5. The maximum atomic E-state index is 6.26. The number of nitrogens with zero attached hydrogens (tertiary/aromatic N) is 2. The zero-order valence-corrected chi connectivity index (χ0v) is 10.3. The Morgan fingerprint density at radius 2 is 2.35 bits per heavy atom. The van der Waals surface area contributed by atoms with Crippen LogP contribution in [-0.2, 0) is 6.54 Å². The van der Waals surface area contributed by atoms with Gasteiger partial charge in [0.05, 0.1) is 25.6 Å². The molecular weight excluding hydrogens is 218 g/mol. The van der Waals surface area contributed by atoms with Crippen LogP contribution in [0, 0.1) is 6.92 Å². The molecule has 2 N–H and O–H groups in total. The van der Waals surface area contributed by atoms with Crippen molar-refractivity contribution in [2.45, 2.75) is 26.4 Å². The fraction of sp³-hybridized carbons (Fsp3) is 0.417. The lowest BCUT2D eigenvalue weighted by Gasteiger charge is -2.14. The number of hydrogen-bond donors (Lipinski definition) is 1. The number of rotatable bonds is 4. The maximum Gasteiger partial charge on any atom is 0.161 e. The summed E-state index contributed by atoms with van der Waals surface area (Å²) in [7, 11) is 1.62. The molecule has 0 saturated carbocycles. The van der Waals surface area contributed by atoms with Crippen LogP contribution in [-0.4, -0.2) is 16.9 Å². The van der Waals surface area contributed by atoms with Crippen LogP contribution in [0.1, 0.15) is 30.0 Å². The summed E-state index contributed by atoms with van der Waals surface area (Å²) in [5, 5.41) is 4.25. The van der Waals surface area contributed by atoms with Gasteiger partial charge in [0.1, 0.15) is 11.5 Å². The molecule has 0 radical (unpaired) electrons. The van der Waals surface area contributed by atoms with Crippen LogP contribution in [0.3, 0.4) is 0 Å². The SMILES string of the molecule is CCn1ncc(OC)c1C(N)c1ccoc1C. The topological polar surface area (TPSA) is 66.2 Å². The summed E-state index contributed by atoms with van der Waals surface area (Å²) in [6, 6.07) is 1.60. The van der Waals surface area contributed by atoms with Crippen molar-refractivity contribution in [1.82, 2.24) is 9.78 Å². The molecule has 1 atom stereocenters. The number of aromatic nitrogens is 2. The summed E-state index contributed by atoms with van der Waals surface area (Å²) in [4.78, 5) is 0. The standard InChI is InChI=1S/C12H17N3O2/c1-4-15-12(10(16-3)7-14-15)11(13)9-5-6-17-8(9)2/h5-7,11H,4,13H2,1-3H3. The minimum Gasteiger partial charge on any atom is -0.493 e. The fourth-order valence-electron chi connectivity index (χ4n) is 1.97. The van der Waals surface area contributed by atoms with Crippen LogP contribution in [0.4, 0.5) is 0 Å². The lowest BCUT2D eigenvalue weighted by atomic mass is 10.1. The molecule has 2 aromatic rings. The Bertz CT molecular complexity index is 480. The molecule has 0 aliphatic carbocycles. The van der Waals surface area contributed by atoms with E-state index in [2.05, 4.69) is 5.10 Å². The number of nitrogens with two attached hydrogens (primary N) is 1. The van der Waals surface area contributed by atoms with Crippen LogP contribution >= 0.6 is 0 Å². The number of methoxy groups -OCH3 is 1. The smallest absolute Gasteiger partial charge is 0.161 e. The highest BCUT2D eigenvalue weighted by molar-refractivity contribution is 5.36. The molecule has 5 heteroatoms. The minimum absolute atomic E-state index is 0.286. The Morgan fingerprint density at radius 3 is 2.88 bits per heavy atom. The molecule has 0 fully saturated rings. The predicted molar refractivity (Wildman–Crippen MR) is 63.9 cm³/mol. The van der Waals surface area contributed by atoms with Crippen molar-refractivity contribution < 1.29 is 9.15 Å². The molecule has 2 aromatic heterocycles. The van der Waals surface area contributed by atoms with E-state index in [0.29, 0.717) is 5.75 Å². The molecule has 0 saturated heterocycles. The van der Waals surface area contributed by atoms with Crippen molar-refractivity contribution >= 4 is 0 Å². The average molecular weight is 235 g/mol. The number of furan rings is 1. The van der Waals surface area contributed by atoms with Gasteiger partial charge in [0, 0.05) is 12.1 Å². The molecule has 2 rings (SSSR count). The van der Waals surface area contributed by atoms with Gasteiger partial charge in [-0.25, -0.2) is 0 Å². The number of ether oxygens (including phenoxy) is 1. The Labute approximate surface area is 100 Å². The molecule has 17 heavy (non-hydrogen) atoms. The fourth-order valence-corrected chi connectivity index (χ4v) is 1.97. The van der Waals surface area contributed by atoms with Crippen molar-refractivity contribution in [2.24, 2.45) is 5.73 Å². The van der Waals surface area contributed by atoms with Crippen LogP contribution < -0.4 is 10.5 Å². The average Bonchev–Trinajstić information content (AvgIpc) is 2.93.